The van der Waals surface area contributed by atoms with E-state index in [1.54, 1.807) is 13.3 Å². The van der Waals surface area contributed by atoms with Crippen LogP contribution in [0.4, 0.5) is 0 Å². The predicted molar refractivity (Wildman–Crippen MR) is 75.0 cm³/mol. The van der Waals surface area contributed by atoms with Crippen molar-refractivity contribution in [3.63, 3.8) is 0 Å². The first-order valence-corrected chi connectivity index (χ1v) is 5.61. The largest absolute Gasteiger partial charge is 0.497 e. The van der Waals surface area contributed by atoms with Crippen molar-refractivity contribution in [1.29, 1.82) is 0 Å². The topological polar surface area (TPSA) is 34.1 Å². The number of hydrogen-bond acceptors (Lipinski definition) is 3. The van der Waals surface area contributed by atoms with E-state index in [9.17, 15) is 0 Å². The normalized spacial score (nSPS) is 9.61. The maximum absolute atomic E-state index is 5.18. The van der Waals surface area contributed by atoms with Gasteiger partial charge in [0, 0.05) is 25.5 Å². The minimum Gasteiger partial charge on any atom is -0.497 e. The molecule has 2 aromatic rings. The van der Waals surface area contributed by atoms with E-state index in [1.165, 1.54) is 11.1 Å². The number of nitrogens with one attached hydrogen (secondary N) is 1. The highest BCUT2D eigenvalue weighted by Crippen LogP contribution is 2.12. The van der Waals surface area contributed by atoms with E-state index in [2.05, 4.69) is 22.4 Å². The van der Waals surface area contributed by atoms with Crippen LogP contribution in [0.3, 0.4) is 0 Å². The van der Waals surface area contributed by atoms with Gasteiger partial charge in [0.15, 0.2) is 0 Å². The highest BCUT2D eigenvalue weighted by molar-refractivity contribution is 5.85. The molecule has 0 amide bonds. The predicted octanol–water partition coefficient (Wildman–Crippen LogP) is 2.80. The fraction of sp³-hybridized carbons (Fsp3) is 0.214. The van der Waals surface area contributed by atoms with Crippen LogP contribution >= 0.6 is 12.4 Å². The Bertz CT molecular complexity index is 462. The summed E-state index contributed by atoms with van der Waals surface area (Å²) < 4.78 is 5.18. The molecule has 3 nitrogen and oxygen atoms in total. The Balaban J connectivity index is 0.00000162. The summed E-state index contributed by atoms with van der Waals surface area (Å²) in [6.45, 7) is 1.65. The Morgan fingerprint density at radius 1 is 1.11 bits per heavy atom. The summed E-state index contributed by atoms with van der Waals surface area (Å²) in [5, 5.41) is 3.37. The fourth-order valence-corrected chi connectivity index (χ4v) is 1.64. The van der Waals surface area contributed by atoms with E-state index in [1.807, 2.05) is 30.5 Å². The Morgan fingerprint density at radius 2 is 1.89 bits per heavy atom. The van der Waals surface area contributed by atoms with E-state index in [0.29, 0.717) is 0 Å². The summed E-state index contributed by atoms with van der Waals surface area (Å²) in [5.41, 5.74) is 2.41. The van der Waals surface area contributed by atoms with Gasteiger partial charge in [-0.2, -0.15) is 0 Å². The van der Waals surface area contributed by atoms with Crippen molar-refractivity contribution < 1.29 is 4.74 Å². The third-order valence-electron chi connectivity index (χ3n) is 2.52. The van der Waals surface area contributed by atoms with Crippen LogP contribution in [0.1, 0.15) is 11.1 Å². The average molecular weight is 265 g/mol. The number of pyridine rings is 1. The van der Waals surface area contributed by atoms with Gasteiger partial charge in [-0.25, -0.2) is 0 Å². The monoisotopic (exact) mass is 264 g/mol. The van der Waals surface area contributed by atoms with E-state index in [0.717, 1.165) is 18.8 Å². The molecular weight excluding hydrogens is 248 g/mol. The molecule has 0 bridgehead atoms. The van der Waals surface area contributed by atoms with Gasteiger partial charge >= 0.3 is 0 Å². The Labute approximate surface area is 114 Å². The second-order valence-electron chi connectivity index (χ2n) is 3.82. The first kappa shape index (κ1) is 14.5. The van der Waals surface area contributed by atoms with E-state index >= 15 is 0 Å². The molecule has 1 N–H and O–H groups in total. The number of methoxy groups -OCH3 is 1. The lowest BCUT2D eigenvalue weighted by atomic mass is 10.2. The molecule has 1 heterocycles. The zero-order chi connectivity index (χ0) is 11.9. The molecule has 96 valence electrons. The molecule has 0 aliphatic heterocycles. The van der Waals surface area contributed by atoms with Crippen molar-refractivity contribution in [2.24, 2.45) is 0 Å². The first-order valence-electron chi connectivity index (χ1n) is 5.61. The number of halogens is 1. The van der Waals surface area contributed by atoms with Crippen molar-refractivity contribution in [2.75, 3.05) is 7.11 Å². The zero-order valence-electron chi connectivity index (χ0n) is 10.3. The van der Waals surface area contributed by atoms with Gasteiger partial charge in [-0.05, 0) is 29.3 Å². The van der Waals surface area contributed by atoms with Crippen molar-refractivity contribution in [3.05, 3.63) is 59.9 Å². The number of nitrogens with zero attached hydrogens (tertiary/aromatic N) is 1. The molecule has 0 spiro atoms. The molecule has 0 aliphatic rings. The summed E-state index contributed by atoms with van der Waals surface area (Å²) in [7, 11) is 1.68. The highest BCUT2D eigenvalue weighted by Gasteiger charge is 1.96. The van der Waals surface area contributed by atoms with Crippen molar-refractivity contribution in [1.82, 2.24) is 10.3 Å². The van der Waals surface area contributed by atoms with Crippen LogP contribution in [0.2, 0.25) is 0 Å². The van der Waals surface area contributed by atoms with Crippen LogP contribution in [0.25, 0.3) is 0 Å². The van der Waals surface area contributed by atoms with Gasteiger partial charge in [0.1, 0.15) is 5.75 Å². The molecule has 0 saturated carbocycles. The molecule has 1 aromatic carbocycles. The van der Waals surface area contributed by atoms with Crippen LogP contribution in [0.15, 0.2) is 48.8 Å². The SMILES string of the molecule is COc1cccc(CNCc2cccnc2)c1.Cl. The van der Waals surface area contributed by atoms with Crippen LogP contribution < -0.4 is 10.1 Å². The van der Waals surface area contributed by atoms with Crippen LogP contribution in [0, 0.1) is 0 Å². The van der Waals surface area contributed by atoms with E-state index < -0.39 is 0 Å². The smallest absolute Gasteiger partial charge is 0.119 e. The van der Waals surface area contributed by atoms with Gasteiger partial charge in [-0.15, -0.1) is 12.4 Å². The van der Waals surface area contributed by atoms with Gasteiger partial charge in [0.2, 0.25) is 0 Å². The number of benzene rings is 1. The average Bonchev–Trinajstić information content (AvgIpc) is 2.40. The first-order chi connectivity index (χ1) is 8.38. The Kier molecular flexibility index (Phi) is 6.19. The quantitative estimate of drug-likeness (QED) is 0.902. The van der Waals surface area contributed by atoms with Crippen LogP contribution in [0.5, 0.6) is 5.75 Å². The molecule has 18 heavy (non-hydrogen) atoms. The van der Waals surface area contributed by atoms with E-state index in [4.69, 9.17) is 4.74 Å². The molecule has 0 unspecified atom stereocenters. The van der Waals surface area contributed by atoms with Gasteiger partial charge < -0.3 is 10.1 Å². The maximum atomic E-state index is 5.18. The second kappa shape index (κ2) is 7.69. The maximum Gasteiger partial charge on any atom is 0.119 e. The molecule has 2 rings (SSSR count). The van der Waals surface area contributed by atoms with E-state index in [-0.39, 0.29) is 12.4 Å². The third-order valence-corrected chi connectivity index (χ3v) is 2.52. The fourth-order valence-electron chi connectivity index (χ4n) is 1.64. The summed E-state index contributed by atoms with van der Waals surface area (Å²) in [6.07, 6.45) is 3.66. The number of ether oxygens (including phenoxy) is 1. The molecule has 0 saturated heterocycles. The second-order valence-corrected chi connectivity index (χ2v) is 3.82. The minimum atomic E-state index is 0. The zero-order valence-corrected chi connectivity index (χ0v) is 11.1. The molecule has 0 fully saturated rings. The third kappa shape index (κ3) is 4.35. The van der Waals surface area contributed by atoms with Gasteiger partial charge in [0.05, 0.1) is 7.11 Å². The van der Waals surface area contributed by atoms with Crippen molar-refractivity contribution in [2.45, 2.75) is 13.1 Å². The highest BCUT2D eigenvalue weighted by atomic mass is 35.5. The lowest BCUT2D eigenvalue weighted by molar-refractivity contribution is 0.414. The van der Waals surface area contributed by atoms with Gasteiger partial charge in [0.25, 0.3) is 0 Å². The lowest BCUT2D eigenvalue weighted by Crippen LogP contribution is -2.12. The van der Waals surface area contributed by atoms with Crippen LogP contribution in [-0.4, -0.2) is 12.1 Å². The molecule has 4 heteroatoms. The summed E-state index contributed by atoms with van der Waals surface area (Å²) >= 11 is 0. The summed E-state index contributed by atoms with van der Waals surface area (Å²) in [6, 6.07) is 12.1. The minimum absolute atomic E-state index is 0. The number of rotatable bonds is 5. The van der Waals surface area contributed by atoms with Crippen molar-refractivity contribution >= 4 is 12.4 Å². The molecular formula is C14H17ClN2O. The van der Waals surface area contributed by atoms with Gasteiger partial charge in [-0.3, -0.25) is 4.98 Å². The molecule has 0 radical (unpaired) electrons. The molecule has 0 aliphatic carbocycles. The Hall–Kier alpha value is -1.58. The number of aromatic nitrogens is 1. The van der Waals surface area contributed by atoms with Gasteiger partial charge in [-0.1, -0.05) is 18.2 Å². The van der Waals surface area contributed by atoms with Crippen molar-refractivity contribution in [3.8, 4) is 5.75 Å². The lowest BCUT2D eigenvalue weighted by Gasteiger charge is -2.06. The molecule has 0 atom stereocenters. The Morgan fingerprint density at radius 3 is 2.61 bits per heavy atom. The molecule has 1 aromatic heterocycles. The number of hydrogen-bond donors (Lipinski definition) is 1. The standard InChI is InChI=1S/C14H16N2O.ClH/c1-17-14-6-2-4-12(8-14)9-16-11-13-5-3-7-15-10-13;/h2-8,10,16H,9,11H2,1H3;1H. The van der Waals surface area contributed by atoms with Crippen LogP contribution in [-0.2, 0) is 13.1 Å². The summed E-state index contributed by atoms with van der Waals surface area (Å²) in [5.74, 6) is 0.894. The summed E-state index contributed by atoms with van der Waals surface area (Å²) in [4.78, 5) is 4.08.